The first kappa shape index (κ1) is 25.7. The fourth-order valence-corrected chi connectivity index (χ4v) is 4.36. The Bertz CT molecular complexity index is 1630. The molecule has 5 aromatic rings. The fraction of sp³-hybridized carbons (Fsp3) is 0.200. The highest BCUT2D eigenvalue weighted by Crippen LogP contribution is 2.39. The van der Waals surface area contributed by atoms with Crippen LogP contribution in [0.4, 0.5) is 5.82 Å². The van der Waals surface area contributed by atoms with Gasteiger partial charge in [0.1, 0.15) is 40.5 Å². The second kappa shape index (κ2) is 11.2. The molecule has 0 aliphatic heterocycles. The highest BCUT2D eigenvalue weighted by molar-refractivity contribution is 5.95. The molecular weight excluding hydrogens is 494 g/mol. The van der Waals surface area contributed by atoms with E-state index < -0.39 is 0 Å². The largest absolute Gasteiger partial charge is 0.497 e. The minimum atomic E-state index is 0.359. The Morgan fingerprint density at radius 1 is 0.795 bits per heavy atom. The number of pyridine rings is 2. The number of hydrogen-bond acceptors (Lipinski definition) is 9. The Hall–Kier alpha value is -4.92. The predicted molar refractivity (Wildman–Crippen MR) is 150 cm³/mol. The zero-order chi connectivity index (χ0) is 27.4. The average molecular weight is 524 g/mol. The minimum Gasteiger partial charge on any atom is -0.497 e. The molecule has 5 rings (SSSR count). The first-order chi connectivity index (χ1) is 19.0. The van der Waals surface area contributed by atoms with Gasteiger partial charge in [0.15, 0.2) is 0 Å². The van der Waals surface area contributed by atoms with Crippen molar-refractivity contribution in [2.45, 2.75) is 20.4 Å². The molecule has 39 heavy (non-hydrogen) atoms. The summed E-state index contributed by atoms with van der Waals surface area (Å²) in [5.41, 5.74) is 4.76. The van der Waals surface area contributed by atoms with E-state index in [1.165, 1.54) is 6.33 Å². The van der Waals surface area contributed by atoms with Crippen molar-refractivity contribution in [2.24, 2.45) is 0 Å². The van der Waals surface area contributed by atoms with Crippen LogP contribution in [0.1, 0.15) is 16.7 Å². The molecule has 9 heteroatoms. The summed E-state index contributed by atoms with van der Waals surface area (Å²) in [6.45, 7) is 4.38. The van der Waals surface area contributed by atoms with Crippen molar-refractivity contribution >= 4 is 16.7 Å². The summed E-state index contributed by atoms with van der Waals surface area (Å²) >= 11 is 0. The first-order valence-electron chi connectivity index (χ1n) is 12.4. The maximum absolute atomic E-state index is 6.55. The van der Waals surface area contributed by atoms with Gasteiger partial charge in [-0.25, -0.2) is 15.0 Å². The monoisotopic (exact) mass is 523 g/mol. The molecule has 198 valence electrons. The summed E-state index contributed by atoms with van der Waals surface area (Å²) in [4.78, 5) is 18.5. The van der Waals surface area contributed by atoms with E-state index in [0.29, 0.717) is 57.8 Å². The van der Waals surface area contributed by atoms with Crippen LogP contribution in [-0.4, -0.2) is 41.3 Å². The Kier molecular flexibility index (Phi) is 7.40. The number of anilines is 1. The van der Waals surface area contributed by atoms with Gasteiger partial charge in [0.2, 0.25) is 5.88 Å². The van der Waals surface area contributed by atoms with Gasteiger partial charge in [0, 0.05) is 29.9 Å². The molecule has 3 heterocycles. The lowest BCUT2D eigenvalue weighted by molar-refractivity contribution is 0.391. The standard InChI is InChI=1S/C30H29N5O4/c1-18-9-12-25(37-4)19(2)28(18)39-30-27-24(15-23(35-30)22-8-6-7-13-31-22)33-17-34-29(27)32-16-20-10-11-21(36-3)14-26(20)38-5/h6-15,17H,16H2,1-5H3,(H,32,33,34). The van der Waals surface area contributed by atoms with Gasteiger partial charge in [-0.15, -0.1) is 0 Å². The highest BCUT2D eigenvalue weighted by atomic mass is 16.5. The van der Waals surface area contributed by atoms with Crippen LogP contribution < -0.4 is 24.3 Å². The van der Waals surface area contributed by atoms with Crippen LogP contribution in [0, 0.1) is 13.8 Å². The number of methoxy groups -OCH3 is 3. The van der Waals surface area contributed by atoms with E-state index >= 15 is 0 Å². The molecule has 0 aliphatic carbocycles. The molecular formula is C30H29N5O4. The van der Waals surface area contributed by atoms with Crippen molar-refractivity contribution in [3.05, 3.63) is 83.8 Å². The lowest BCUT2D eigenvalue weighted by atomic mass is 10.1. The van der Waals surface area contributed by atoms with Gasteiger partial charge in [-0.1, -0.05) is 12.1 Å². The first-order valence-corrected chi connectivity index (χ1v) is 12.4. The summed E-state index contributed by atoms with van der Waals surface area (Å²) < 4.78 is 23.0. The molecule has 0 spiro atoms. The number of aryl methyl sites for hydroxylation is 1. The van der Waals surface area contributed by atoms with Crippen LogP contribution in [-0.2, 0) is 6.54 Å². The van der Waals surface area contributed by atoms with Crippen LogP contribution >= 0.6 is 0 Å². The Morgan fingerprint density at radius 3 is 2.38 bits per heavy atom. The molecule has 1 N–H and O–H groups in total. The summed E-state index contributed by atoms with van der Waals surface area (Å²) in [5, 5.41) is 4.07. The van der Waals surface area contributed by atoms with Crippen molar-refractivity contribution in [3.63, 3.8) is 0 Å². The molecule has 0 bridgehead atoms. The Balaban J connectivity index is 1.62. The number of nitrogens with one attached hydrogen (secondary N) is 1. The minimum absolute atomic E-state index is 0.359. The Labute approximate surface area is 226 Å². The van der Waals surface area contributed by atoms with Crippen LogP contribution in [0.2, 0.25) is 0 Å². The number of benzene rings is 2. The molecule has 0 aliphatic rings. The van der Waals surface area contributed by atoms with Crippen LogP contribution in [0.5, 0.6) is 28.9 Å². The van der Waals surface area contributed by atoms with Crippen molar-refractivity contribution in [1.82, 2.24) is 19.9 Å². The molecule has 0 radical (unpaired) electrons. The zero-order valence-corrected chi connectivity index (χ0v) is 22.5. The quantitative estimate of drug-likeness (QED) is 0.244. The van der Waals surface area contributed by atoms with Crippen molar-refractivity contribution < 1.29 is 18.9 Å². The van der Waals surface area contributed by atoms with Gasteiger partial charge in [0.25, 0.3) is 0 Å². The van der Waals surface area contributed by atoms with E-state index in [2.05, 4.69) is 20.3 Å². The normalized spacial score (nSPS) is 10.8. The third-order valence-corrected chi connectivity index (χ3v) is 6.43. The maximum atomic E-state index is 6.55. The van der Waals surface area contributed by atoms with E-state index in [1.807, 2.05) is 68.4 Å². The SMILES string of the molecule is COc1ccc(CNc2ncnc3cc(-c4ccccn4)nc(Oc4c(C)ccc(OC)c4C)c23)c(OC)c1. The van der Waals surface area contributed by atoms with Gasteiger partial charge >= 0.3 is 0 Å². The van der Waals surface area contributed by atoms with Crippen molar-refractivity contribution in [1.29, 1.82) is 0 Å². The van der Waals surface area contributed by atoms with Gasteiger partial charge in [-0.2, -0.15) is 0 Å². The third-order valence-electron chi connectivity index (χ3n) is 6.43. The molecule has 0 saturated carbocycles. The second-order valence-electron chi connectivity index (χ2n) is 8.82. The van der Waals surface area contributed by atoms with E-state index in [-0.39, 0.29) is 0 Å². The van der Waals surface area contributed by atoms with E-state index in [0.717, 1.165) is 22.4 Å². The molecule has 9 nitrogen and oxygen atoms in total. The van der Waals surface area contributed by atoms with Crippen LogP contribution in [0.3, 0.4) is 0 Å². The third kappa shape index (κ3) is 5.24. The smallest absolute Gasteiger partial charge is 0.233 e. The van der Waals surface area contributed by atoms with Gasteiger partial charge < -0.3 is 24.3 Å². The number of fused-ring (bicyclic) bond motifs is 1. The van der Waals surface area contributed by atoms with E-state index in [4.69, 9.17) is 23.9 Å². The number of rotatable bonds is 9. The maximum Gasteiger partial charge on any atom is 0.233 e. The fourth-order valence-electron chi connectivity index (χ4n) is 4.36. The summed E-state index contributed by atoms with van der Waals surface area (Å²) in [6.07, 6.45) is 3.25. The van der Waals surface area contributed by atoms with Gasteiger partial charge in [-0.3, -0.25) is 4.98 Å². The summed E-state index contributed by atoms with van der Waals surface area (Å²) in [7, 11) is 4.89. The van der Waals surface area contributed by atoms with Crippen molar-refractivity contribution in [2.75, 3.05) is 26.6 Å². The predicted octanol–water partition coefficient (Wildman–Crippen LogP) is 6.13. The van der Waals surface area contributed by atoms with Crippen LogP contribution in [0.25, 0.3) is 22.3 Å². The lowest BCUT2D eigenvalue weighted by Crippen LogP contribution is -2.06. The molecule has 2 aromatic carbocycles. The summed E-state index contributed by atoms with van der Waals surface area (Å²) in [5.74, 6) is 3.74. The molecule has 0 fully saturated rings. The Morgan fingerprint density at radius 2 is 1.64 bits per heavy atom. The molecule has 0 unspecified atom stereocenters. The molecule has 3 aromatic heterocycles. The molecule has 0 saturated heterocycles. The van der Waals surface area contributed by atoms with E-state index in [1.54, 1.807) is 27.5 Å². The van der Waals surface area contributed by atoms with Crippen LogP contribution in [0.15, 0.2) is 67.1 Å². The average Bonchev–Trinajstić information content (AvgIpc) is 2.98. The highest BCUT2D eigenvalue weighted by Gasteiger charge is 2.19. The number of nitrogens with zero attached hydrogens (tertiary/aromatic N) is 4. The topological polar surface area (TPSA) is 101 Å². The van der Waals surface area contributed by atoms with Gasteiger partial charge in [-0.05, 0) is 55.8 Å². The lowest BCUT2D eigenvalue weighted by Gasteiger charge is -2.17. The molecule has 0 amide bonds. The number of aromatic nitrogens is 4. The number of ether oxygens (including phenoxy) is 4. The molecule has 0 atom stereocenters. The zero-order valence-electron chi connectivity index (χ0n) is 22.5. The number of hydrogen-bond donors (Lipinski definition) is 1. The second-order valence-corrected chi connectivity index (χ2v) is 8.82. The van der Waals surface area contributed by atoms with Gasteiger partial charge in [0.05, 0.1) is 38.2 Å². The summed E-state index contributed by atoms with van der Waals surface area (Å²) in [6, 6.07) is 17.1. The van der Waals surface area contributed by atoms with Crippen molar-refractivity contribution in [3.8, 4) is 40.3 Å². The van der Waals surface area contributed by atoms with E-state index in [9.17, 15) is 0 Å².